The molecule has 0 spiro atoms. The largest absolute Gasteiger partial charge is 0.388 e. The lowest BCUT2D eigenvalue weighted by atomic mass is 10.1. The molecule has 1 aromatic carbocycles. The van der Waals surface area contributed by atoms with E-state index in [0.717, 1.165) is 16.8 Å². The zero-order valence-corrected chi connectivity index (χ0v) is 9.59. The highest BCUT2D eigenvalue weighted by molar-refractivity contribution is 5.41. The van der Waals surface area contributed by atoms with E-state index in [9.17, 15) is 5.11 Å². The number of nitrogens with zero attached hydrogens (tertiary/aromatic N) is 2. The number of aromatic nitrogens is 2. The first kappa shape index (κ1) is 10.9. The Hall–Kier alpha value is -1.61. The molecule has 3 nitrogen and oxygen atoms in total. The molecule has 0 unspecified atom stereocenters. The standard InChI is InChI=1S/C13H16N2O/c1-3-13(16)11-6-4-5-7-12(11)15-9-10(2)8-14-15/h4-9,13,16H,3H2,1-2H3/t13-/m0/s1. The summed E-state index contributed by atoms with van der Waals surface area (Å²) in [5.74, 6) is 0. The molecule has 16 heavy (non-hydrogen) atoms. The van der Waals surface area contributed by atoms with Crippen LogP contribution in [0.1, 0.15) is 30.6 Å². The maximum Gasteiger partial charge on any atom is 0.0808 e. The minimum atomic E-state index is -0.430. The summed E-state index contributed by atoms with van der Waals surface area (Å²) in [4.78, 5) is 0. The Morgan fingerprint density at radius 1 is 1.38 bits per heavy atom. The van der Waals surface area contributed by atoms with Gasteiger partial charge in [0.1, 0.15) is 0 Å². The Labute approximate surface area is 95.3 Å². The van der Waals surface area contributed by atoms with E-state index in [1.54, 1.807) is 0 Å². The van der Waals surface area contributed by atoms with Crippen LogP contribution in [0.4, 0.5) is 0 Å². The Bertz CT molecular complexity index is 476. The smallest absolute Gasteiger partial charge is 0.0808 e. The fraction of sp³-hybridized carbons (Fsp3) is 0.308. The SMILES string of the molecule is CC[C@H](O)c1ccccc1-n1cc(C)cn1. The molecule has 2 aromatic rings. The van der Waals surface area contributed by atoms with Crippen molar-refractivity contribution in [2.45, 2.75) is 26.4 Å². The van der Waals surface area contributed by atoms with Crippen LogP contribution in [0, 0.1) is 6.92 Å². The normalized spacial score (nSPS) is 12.7. The zero-order valence-electron chi connectivity index (χ0n) is 9.59. The van der Waals surface area contributed by atoms with Crippen LogP contribution in [0.25, 0.3) is 5.69 Å². The van der Waals surface area contributed by atoms with Crippen molar-refractivity contribution in [2.24, 2.45) is 0 Å². The van der Waals surface area contributed by atoms with Crippen molar-refractivity contribution >= 4 is 0 Å². The Morgan fingerprint density at radius 2 is 2.12 bits per heavy atom. The van der Waals surface area contributed by atoms with E-state index in [2.05, 4.69) is 5.10 Å². The third-order valence-corrected chi connectivity index (χ3v) is 2.64. The molecule has 1 N–H and O–H groups in total. The fourth-order valence-corrected chi connectivity index (χ4v) is 1.74. The van der Waals surface area contributed by atoms with Gasteiger partial charge in [0.15, 0.2) is 0 Å². The summed E-state index contributed by atoms with van der Waals surface area (Å²) in [5.41, 5.74) is 2.99. The summed E-state index contributed by atoms with van der Waals surface area (Å²) < 4.78 is 1.81. The van der Waals surface area contributed by atoms with Crippen molar-refractivity contribution in [1.82, 2.24) is 9.78 Å². The van der Waals surface area contributed by atoms with Gasteiger partial charge in [0.2, 0.25) is 0 Å². The van der Waals surface area contributed by atoms with Gasteiger partial charge >= 0.3 is 0 Å². The molecule has 0 aliphatic heterocycles. The maximum absolute atomic E-state index is 9.94. The molecule has 1 aromatic heterocycles. The number of aryl methyl sites for hydroxylation is 1. The molecular formula is C13H16N2O. The van der Waals surface area contributed by atoms with Crippen LogP contribution in [0.5, 0.6) is 0 Å². The molecule has 2 rings (SSSR count). The fourth-order valence-electron chi connectivity index (χ4n) is 1.74. The molecular weight excluding hydrogens is 200 g/mol. The number of rotatable bonds is 3. The van der Waals surface area contributed by atoms with Crippen molar-refractivity contribution in [1.29, 1.82) is 0 Å². The molecule has 0 saturated carbocycles. The third-order valence-electron chi connectivity index (χ3n) is 2.64. The van der Waals surface area contributed by atoms with Gasteiger partial charge in [0.25, 0.3) is 0 Å². The van der Waals surface area contributed by atoms with Gasteiger partial charge in [-0.15, -0.1) is 0 Å². The number of hydrogen-bond donors (Lipinski definition) is 1. The topological polar surface area (TPSA) is 38.0 Å². The van der Waals surface area contributed by atoms with Crippen LogP contribution in [-0.4, -0.2) is 14.9 Å². The van der Waals surface area contributed by atoms with Crippen LogP contribution >= 0.6 is 0 Å². The summed E-state index contributed by atoms with van der Waals surface area (Å²) >= 11 is 0. The summed E-state index contributed by atoms with van der Waals surface area (Å²) in [7, 11) is 0. The van der Waals surface area contributed by atoms with E-state index in [1.165, 1.54) is 0 Å². The quantitative estimate of drug-likeness (QED) is 0.856. The number of benzene rings is 1. The Kier molecular flexibility index (Phi) is 3.06. The Balaban J connectivity index is 2.48. The lowest BCUT2D eigenvalue weighted by molar-refractivity contribution is 0.173. The molecule has 0 aliphatic carbocycles. The molecule has 0 amide bonds. The second kappa shape index (κ2) is 4.49. The van der Waals surface area contributed by atoms with Crippen LogP contribution in [-0.2, 0) is 0 Å². The second-order valence-electron chi connectivity index (χ2n) is 3.95. The average Bonchev–Trinajstić information content (AvgIpc) is 2.75. The molecule has 1 heterocycles. The van der Waals surface area contributed by atoms with Gasteiger partial charge in [0.05, 0.1) is 18.0 Å². The lowest BCUT2D eigenvalue weighted by Crippen LogP contribution is -2.04. The summed E-state index contributed by atoms with van der Waals surface area (Å²) in [5, 5.41) is 14.2. The lowest BCUT2D eigenvalue weighted by Gasteiger charge is -2.13. The number of aliphatic hydroxyl groups excluding tert-OH is 1. The molecule has 0 aliphatic rings. The number of hydrogen-bond acceptors (Lipinski definition) is 2. The van der Waals surface area contributed by atoms with Gasteiger partial charge in [-0.25, -0.2) is 4.68 Å². The molecule has 0 saturated heterocycles. The van der Waals surface area contributed by atoms with E-state index in [4.69, 9.17) is 0 Å². The summed E-state index contributed by atoms with van der Waals surface area (Å²) in [6, 6.07) is 7.81. The molecule has 1 atom stereocenters. The minimum absolute atomic E-state index is 0.430. The van der Waals surface area contributed by atoms with E-state index >= 15 is 0 Å². The van der Waals surface area contributed by atoms with Gasteiger partial charge < -0.3 is 5.11 Å². The van der Waals surface area contributed by atoms with Gasteiger partial charge in [-0.05, 0) is 25.0 Å². The highest BCUT2D eigenvalue weighted by Gasteiger charge is 2.11. The maximum atomic E-state index is 9.94. The van der Waals surface area contributed by atoms with Gasteiger partial charge in [-0.1, -0.05) is 25.1 Å². The first-order chi connectivity index (χ1) is 7.72. The molecule has 0 fully saturated rings. The van der Waals surface area contributed by atoms with Crippen molar-refractivity contribution in [3.8, 4) is 5.69 Å². The summed E-state index contributed by atoms with van der Waals surface area (Å²) in [6.07, 6.45) is 4.05. The number of para-hydroxylation sites is 1. The van der Waals surface area contributed by atoms with Crippen molar-refractivity contribution < 1.29 is 5.11 Å². The first-order valence-corrected chi connectivity index (χ1v) is 5.51. The third kappa shape index (κ3) is 1.99. The van der Waals surface area contributed by atoms with Crippen molar-refractivity contribution in [3.63, 3.8) is 0 Å². The van der Waals surface area contributed by atoms with Gasteiger partial charge in [-0.2, -0.15) is 5.10 Å². The second-order valence-corrected chi connectivity index (χ2v) is 3.95. The Morgan fingerprint density at radius 3 is 2.75 bits per heavy atom. The van der Waals surface area contributed by atoms with Crippen LogP contribution in [0.15, 0.2) is 36.7 Å². The van der Waals surface area contributed by atoms with Crippen LogP contribution in [0.2, 0.25) is 0 Å². The van der Waals surface area contributed by atoms with Crippen molar-refractivity contribution in [3.05, 3.63) is 47.8 Å². The van der Waals surface area contributed by atoms with E-state index in [-0.39, 0.29) is 0 Å². The predicted octanol–water partition coefficient (Wildman–Crippen LogP) is 2.62. The highest BCUT2D eigenvalue weighted by Crippen LogP contribution is 2.23. The van der Waals surface area contributed by atoms with Crippen molar-refractivity contribution in [2.75, 3.05) is 0 Å². The first-order valence-electron chi connectivity index (χ1n) is 5.51. The van der Waals surface area contributed by atoms with E-state index < -0.39 is 6.10 Å². The molecule has 0 radical (unpaired) electrons. The average molecular weight is 216 g/mol. The molecule has 84 valence electrons. The monoisotopic (exact) mass is 216 g/mol. The zero-order chi connectivity index (χ0) is 11.5. The van der Waals surface area contributed by atoms with Gasteiger partial charge in [-0.3, -0.25) is 0 Å². The highest BCUT2D eigenvalue weighted by atomic mass is 16.3. The van der Waals surface area contributed by atoms with E-state index in [0.29, 0.717) is 6.42 Å². The van der Waals surface area contributed by atoms with Crippen LogP contribution < -0.4 is 0 Å². The number of aliphatic hydroxyl groups is 1. The minimum Gasteiger partial charge on any atom is -0.388 e. The van der Waals surface area contributed by atoms with Gasteiger partial charge in [0, 0.05) is 11.8 Å². The summed E-state index contributed by atoms with van der Waals surface area (Å²) in [6.45, 7) is 3.97. The molecule has 0 bridgehead atoms. The molecule has 3 heteroatoms. The van der Waals surface area contributed by atoms with Crippen LogP contribution in [0.3, 0.4) is 0 Å². The van der Waals surface area contributed by atoms with E-state index in [1.807, 2.05) is 55.2 Å². The predicted molar refractivity (Wildman–Crippen MR) is 63.6 cm³/mol.